The maximum Gasteiger partial charge on any atom is 0.326 e. The Kier molecular flexibility index (Phi) is 6.82. The average molecular weight is 311 g/mol. The minimum absolute atomic E-state index is 0.0279. The summed E-state index contributed by atoms with van der Waals surface area (Å²) in [6.07, 6.45) is -0.0299. The molecule has 5 nitrogen and oxygen atoms in total. The molecule has 0 aliphatic heterocycles. The van der Waals surface area contributed by atoms with Crippen LogP contribution in [0.5, 0.6) is 5.75 Å². The maximum absolute atomic E-state index is 13.6. The van der Waals surface area contributed by atoms with Gasteiger partial charge in [-0.25, -0.2) is 9.18 Å². The predicted molar refractivity (Wildman–Crippen MR) is 80.1 cm³/mol. The molecule has 1 amide bonds. The topological polar surface area (TPSA) is 75.6 Å². The van der Waals surface area contributed by atoms with Crippen LogP contribution >= 0.6 is 0 Å². The second-order valence-corrected chi connectivity index (χ2v) is 5.16. The first-order chi connectivity index (χ1) is 10.4. The van der Waals surface area contributed by atoms with E-state index in [2.05, 4.69) is 5.32 Å². The largest absolute Gasteiger partial charge is 0.480 e. The van der Waals surface area contributed by atoms with E-state index in [0.29, 0.717) is 12.8 Å². The van der Waals surface area contributed by atoms with Gasteiger partial charge in [0.25, 0.3) is 5.91 Å². The molecule has 1 unspecified atom stereocenters. The molecule has 0 saturated heterocycles. The first kappa shape index (κ1) is 17.9. The van der Waals surface area contributed by atoms with Crippen LogP contribution in [0, 0.1) is 11.7 Å². The number of hydrogen-bond donors (Lipinski definition) is 2. The highest BCUT2D eigenvalue weighted by molar-refractivity contribution is 5.86. The number of halogens is 1. The van der Waals surface area contributed by atoms with E-state index in [-0.39, 0.29) is 11.7 Å². The molecule has 122 valence electrons. The van der Waals surface area contributed by atoms with E-state index in [1.54, 1.807) is 19.9 Å². The van der Waals surface area contributed by atoms with Crippen LogP contribution in [0.25, 0.3) is 0 Å². The van der Waals surface area contributed by atoms with Crippen molar-refractivity contribution in [2.75, 3.05) is 0 Å². The number of carboxylic acid groups (broad SMARTS) is 1. The van der Waals surface area contributed by atoms with Crippen LogP contribution in [-0.2, 0) is 9.59 Å². The summed E-state index contributed by atoms with van der Waals surface area (Å²) in [5.41, 5.74) is 0. The summed E-state index contributed by atoms with van der Waals surface area (Å²) in [5, 5.41) is 11.7. The second-order valence-electron chi connectivity index (χ2n) is 5.16. The minimum atomic E-state index is -1.09. The molecule has 0 saturated carbocycles. The Balaban J connectivity index is 2.79. The maximum atomic E-state index is 13.6. The van der Waals surface area contributed by atoms with Gasteiger partial charge < -0.3 is 15.2 Å². The van der Waals surface area contributed by atoms with Gasteiger partial charge in [0.05, 0.1) is 0 Å². The molecule has 0 fully saturated rings. The fourth-order valence-corrected chi connectivity index (χ4v) is 1.95. The predicted octanol–water partition coefficient (Wildman–Crippen LogP) is 2.60. The second kappa shape index (κ2) is 8.36. The number of aliphatic carboxylic acids is 1. The van der Waals surface area contributed by atoms with Crippen molar-refractivity contribution >= 4 is 11.9 Å². The zero-order chi connectivity index (χ0) is 16.7. The van der Waals surface area contributed by atoms with Crippen LogP contribution < -0.4 is 10.1 Å². The number of benzene rings is 1. The van der Waals surface area contributed by atoms with E-state index in [1.165, 1.54) is 18.2 Å². The lowest BCUT2D eigenvalue weighted by atomic mass is 9.99. The first-order valence-electron chi connectivity index (χ1n) is 7.35. The van der Waals surface area contributed by atoms with Crippen molar-refractivity contribution in [1.29, 1.82) is 0 Å². The van der Waals surface area contributed by atoms with E-state index in [9.17, 15) is 19.1 Å². The van der Waals surface area contributed by atoms with Crippen molar-refractivity contribution < 1.29 is 23.8 Å². The molecule has 3 atom stereocenters. The summed E-state index contributed by atoms with van der Waals surface area (Å²) in [5.74, 6) is -2.46. The Morgan fingerprint density at radius 1 is 1.27 bits per heavy atom. The van der Waals surface area contributed by atoms with E-state index < -0.39 is 29.8 Å². The van der Waals surface area contributed by atoms with Crippen LogP contribution in [0.1, 0.15) is 33.6 Å². The molecule has 6 heteroatoms. The fraction of sp³-hybridized carbons (Fsp3) is 0.500. The van der Waals surface area contributed by atoms with Crippen LogP contribution in [0.4, 0.5) is 4.39 Å². The van der Waals surface area contributed by atoms with Crippen molar-refractivity contribution in [3.63, 3.8) is 0 Å². The van der Waals surface area contributed by atoms with Gasteiger partial charge in [0.2, 0.25) is 0 Å². The van der Waals surface area contributed by atoms with Crippen LogP contribution in [0.3, 0.4) is 0 Å². The lowest BCUT2D eigenvalue weighted by Crippen LogP contribution is -2.49. The highest BCUT2D eigenvalue weighted by Gasteiger charge is 2.29. The highest BCUT2D eigenvalue weighted by Crippen LogP contribution is 2.18. The van der Waals surface area contributed by atoms with E-state index >= 15 is 0 Å². The summed E-state index contributed by atoms with van der Waals surface area (Å²) in [7, 11) is 0. The SMILES string of the molecule is CCC(Oc1ccccc1F)C(=O)N[C@H](C(=O)O)[C@@H](C)CC. The lowest BCUT2D eigenvalue weighted by molar-refractivity contribution is -0.144. The van der Waals surface area contributed by atoms with Gasteiger partial charge in [-0.2, -0.15) is 0 Å². The monoisotopic (exact) mass is 311 g/mol. The molecule has 1 rings (SSSR count). The van der Waals surface area contributed by atoms with Crippen LogP contribution in [0.2, 0.25) is 0 Å². The van der Waals surface area contributed by atoms with Gasteiger partial charge in [-0.1, -0.05) is 39.3 Å². The third-order valence-electron chi connectivity index (χ3n) is 3.55. The standard InChI is InChI=1S/C16H22FNO4/c1-4-10(3)14(16(20)21)18-15(19)12(5-2)22-13-9-7-6-8-11(13)17/h6-10,12,14H,4-5H2,1-3H3,(H,18,19)(H,20,21)/t10-,12?,14-/m0/s1. The smallest absolute Gasteiger partial charge is 0.326 e. The van der Waals surface area contributed by atoms with E-state index in [1.807, 2.05) is 6.92 Å². The summed E-state index contributed by atoms with van der Waals surface area (Å²) in [6, 6.07) is 4.79. The summed E-state index contributed by atoms with van der Waals surface area (Å²) >= 11 is 0. The number of carbonyl (C=O) groups excluding carboxylic acids is 1. The Morgan fingerprint density at radius 2 is 1.91 bits per heavy atom. The molecule has 0 bridgehead atoms. The molecular formula is C16H22FNO4. The number of ether oxygens (including phenoxy) is 1. The number of carbonyl (C=O) groups is 2. The van der Waals surface area contributed by atoms with Gasteiger partial charge in [0, 0.05) is 0 Å². The number of amides is 1. The van der Waals surface area contributed by atoms with Gasteiger partial charge in [-0.3, -0.25) is 4.79 Å². The molecular weight excluding hydrogens is 289 g/mol. The average Bonchev–Trinajstić information content (AvgIpc) is 2.50. The quantitative estimate of drug-likeness (QED) is 0.774. The van der Waals surface area contributed by atoms with Crippen LogP contribution in [-0.4, -0.2) is 29.1 Å². The number of rotatable bonds is 8. The summed E-state index contributed by atoms with van der Waals surface area (Å²) in [4.78, 5) is 23.4. The van der Waals surface area contributed by atoms with Crippen molar-refractivity contribution in [1.82, 2.24) is 5.32 Å². The van der Waals surface area contributed by atoms with Crippen molar-refractivity contribution in [3.05, 3.63) is 30.1 Å². The Bertz CT molecular complexity index is 521. The molecule has 0 heterocycles. The number of carboxylic acids is 1. The first-order valence-corrected chi connectivity index (χ1v) is 7.35. The van der Waals surface area contributed by atoms with E-state index in [0.717, 1.165) is 0 Å². The van der Waals surface area contributed by atoms with E-state index in [4.69, 9.17) is 4.74 Å². The fourth-order valence-electron chi connectivity index (χ4n) is 1.95. The molecule has 22 heavy (non-hydrogen) atoms. The van der Waals surface area contributed by atoms with Crippen molar-refractivity contribution in [2.45, 2.75) is 45.8 Å². The molecule has 0 aliphatic rings. The molecule has 1 aromatic rings. The number of para-hydroxylation sites is 1. The van der Waals surface area contributed by atoms with Gasteiger partial charge in [0.15, 0.2) is 17.7 Å². The Morgan fingerprint density at radius 3 is 2.41 bits per heavy atom. The van der Waals surface area contributed by atoms with Gasteiger partial charge in [-0.05, 0) is 24.5 Å². The Hall–Kier alpha value is -2.11. The summed E-state index contributed by atoms with van der Waals surface area (Å²) < 4.78 is 18.9. The summed E-state index contributed by atoms with van der Waals surface area (Å²) in [6.45, 7) is 5.31. The van der Waals surface area contributed by atoms with Crippen molar-refractivity contribution in [2.24, 2.45) is 5.92 Å². The lowest BCUT2D eigenvalue weighted by Gasteiger charge is -2.23. The van der Waals surface area contributed by atoms with Gasteiger partial charge >= 0.3 is 5.97 Å². The van der Waals surface area contributed by atoms with Gasteiger partial charge in [-0.15, -0.1) is 0 Å². The third kappa shape index (κ3) is 4.72. The zero-order valence-corrected chi connectivity index (χ0v) is 13.0. The normalized spacial score (nSPS) is 14.7. The molecule has 0 radical (unpaired) electrons. The van der Waals surface area contributed by atoms with Crippen LogP contribution in [0.15, 0.2) is 24.3 Å². The highest BCUT2D eigenvalue weighted by atomic mass is 19.1. The molecule has 2 N–H and O–H groups in total. The molecule has 0 spiro atoms. The molecule has 1 aromatic carbocycles. The molecule has 0 aromatic heterocycles. The van der Waals surface area contributed by atoms with Crippen molar-refractivity contribution in [3.8, 4) is 5.75 Å². The van der Waals surface area contributed by atoms with Gasteiger partial charge in [0.1, 0.15) is 6.04 Å². The zero-order valence-electron chi connectivity index (χ0n) is 13.0. The number of nitrogens with one attached hydrogen (secondary N) is 1. The number of hydrogen-bond acceptors (Lipinski definition) is 3. The Labute approximate surface area is 129 Å². The molecule has 0 aliphatic carbocycles. The third-order valence-corrected chi connectivity index (χ3v) is 3.55. The minimum Gasteiger partial charge on any atom is -0.480 e.